The van der Waals surface area contributed by atoms with Gasteiger partial charge in [-0.1, -0.05) is 6.92 Å². The number of ether oxygens (including phenoxy) is 2. The summed E-state index contributed by atoms with van der Waals surface area (Å²) in [6, 6.07) is 3.84. The normalized spacial score (nSPS) is 11.3. The quantitative estimate of drug-likeness (QED) is 0.759. The molecule has 1 rings (SSSR count). The van der Waals surface area contributed by atoms with Crippen LogP contribution in [0.25, 0.3) is 0 Å². The summed E-state index contributed by atoms with van der Waals surface area (Å²) in [7, 11) is 1.54. The topological polar surface area (TPSA) is 77.8 Å². The summed E-state index contributed by atoms with van der Waals surface area (Å²) in [5, 5.41) is 2.36. The summed E-state index contributed by atoms with van der Waals surface area (Å²) in [5.41, 5.74) is -0.389. The number of nitrogens with one attached hydrogen (secondary N) is 1. The van der Waals surface area contributed by atoms with E-state index in [4.69, 9.17) is 13.9 Å². The SMILES string of the molecule is CCOC(=O)CCC(C)Cc1ccco1.CNC(=O)OC(C)(C)C.S. The molecule has 1 aromatic rings. The van der Waals surface area contributed by atoms with E-state index < -0.39 is 0 Å². The van der Waals surface area contributed by atoms with Crippen molar-refractivity contribution in [2.75, 3.05) is 13.7 Å². The second kappa shape index (κ2) is 13.6. The maximum absolute atomic E-state index is 11.1. The minimum atomic E-state index is -0.389. The van der Waals surface area contributed by atoms with Crippen molar-refractivity contribution in [3.05, 3.63) is 24.2 Å². The van der Waals surface area contributed by atoms with Crippen molar-refractivity contribution in [3.8, 4) is 0 Å². The Morgan fingerprint density at radius 2 is 1.96 bits per heavy atom. The third kappa shape index (κ3) is 15.6. The number of hydrogen-bond acceptors (Lipinski definition) is 5. The number of carbonyl (C=O) groups excluding carboxylic acids is 2. The maximum atomic E-state index is 11.1. The highest BCUT2D eigenvalue weighted by atomic mass is 32.1. The lowest BCUT2D eigenvalue weighted by Crippen LogP contribution is -2.30. The van der Waals surface area contributed by atoms with E-state index in [0.29, 0.717) is 18.9 Å². The third-order valence-electron chi connectivity index (χ3n) is 2.88. The van der Waals surface area contributed by atoms with Gasteiger partial charge in [-0.3, -0.25) is 4.79 Å². The van der Waals surface area contributed by atoms with E-state index in [-0.39, 0.29) is 31.2 Å². The fraction of sp³-hybridized carbons (Fsp3) is 0.667. The first-order valence-corrected chi connectivity index (χ1v) is 8.26. The Hall–Kier alpha value is -1.63. The molecule has 0 saturated carbocycles. The van der Waals surface area contributed by atoms with E-state index in [1.165, 1.54) is 7.05 Å². The van der Waals surface area contributed by atoms with Gasteiger partial charge >= 0.3 is 12.1 Å². The van der Waals surface area contributed by atoms with Crippen molar-refractivity contribution < 1.29 is 23.5 Å². The molecule has 1 atom stereocenters. The largest absolute Gasteiger partial charge is 0.469 e. The molecule has 0 fully saturated rings. The average Bonchev–Trinajstić information content (AvgIpc) is 2.97. The molecule has 0 aliphatic rings. The highest BCUT2D eigenvalue weighted by molar-refractivity contribution is 7.59. The van der Waals surface area contributed by atoms with Crippen LogP contribution in [0.4, 0.5) is 4.79 Å². The Morgan fingerprint density at radius 3 is 2.36 bits per heavy atom. The third-order valence-corrected chi connectivity index (χ3v) is 2.88. The zero-order chi connectivity index (χ0) is 18.6. The van der Waals surface area contributed by atoms with Crippen LogP contribution in [0.15, 0.2) is 22.8 Å². The standard InChI is InChI=1S/C12H18O3.C6H13NO2.H2S/c1-3-14-12(13)7-6-10(2)9-11-5-4-8-15-11;1-6(2,3)9-5(8)7-4;/h4-5,8,10H,3,6-7,9H2,1-2H3;1-4H3,(H,7,8);1H2. The van der Waals surface area contributed by atoms with Gasteiger partial charge in [0.1, 0.15) is 11.4 Å². The summed E-state index contributed by atoms with van der Waals surface area (Å²) >= 11 is 0. The summed E-state index contributed by atoms with van der Waals surface area (Å²) < 4.78 is 14.9. The average molecular weight is 376 g/mol. The van der Waals surface area contributed by atoms with Gasteiger partial charge in [-0.05, 0) is 52.2 Å². The molecule has 1 amide bonds. The lowest BCUT2D eigenvalue weighted by atomic mass is 10.0. The van der Waals surface area contributed by atoms with Crippen LogP contribution < -0.4 is 5.32 Å². The van der Waals surface area contributed by atoms with Crippen molar-refractivity contribution in [3.63, 3.8) is 0 Å². The van der Waals surface area contributed by atoms with Gasteiger partial charge in [0.15, 0.2) is 0 Å². The highest BCUT2D eigenvalue weighted by Crippen LogP contribution is 2.14. The fourth-order valence-corrected chi connectivity index (χ4v) is 1.80. The van der Waals surface area contributed by atoms with Crippen LogP contribution in [-0.2, 0) is 20.7 Å². The molecule has 1 N–H and O–H groups in total. The number of esters is 1. The van der Waals surface area contributed by atoms with E-state index in [1.54, 1.807) is 6.26 Å². The van der Waals surface area contributed by atoms with Crippen LogP contribution in [0.5, 0.6) is 0 Å². The van der Waals surface area contributed by atoms with Gasteiger partial charge in [-0.15, -0.1) is 0 Å². The van der Waals surface area contributed by atoms with E-state index in [2.05, 4.69) is 12.2 Å². The predicted octanol–water partition coefficient (Wildman–Crippen LogP) is 4.06. The molecule has 1 heterocycles. The van der Waals surface area contributed by atoms with Gasteiger partial charge in [-0.2, -0.15) is 13.5 Å². The van der Waals surface area contributed by atoms with Crippen molar-refractivity contribution >= 4 is 25.6 Å². The number of carbonyl (C=O) groups is 2. The van der Waals surface area contributed by atoms with Gasteiger partial charge in [-0.25, -0.2) is 4.79 Å². The molecule has 7 heteroatoms. The maximum Gasteiger partial charge on any atom is 0.407 e. The van der Waals surface area contributed by atoms with Crippen LogP contribution in [0.1, 0.15) is 53.2 Å². The van der Waals surface area contributed by atoms with Gasteiger partial charge in [0.2, 0.25) is 0 Å². The smallest absolute Gasteiger partial charge is 0.407 e. The first-order chi connectivity index (χ1) is 11.2. The molecular weight excluding hydrogens is 342 g/mol. The monoisotopic (exact) mass is 375 g/mol. The molecule has 25 heavy (non-hydrogen) atoms. The number of furan rings is 1. The Balaban J connectivity index is 0. The van der Waals surface area contributed by atoms with E-state index in [1.807, 2.05) is 39.8 Å². The molecule has 0 aliphatic heterocycles. The van der Waals surface area contributed by atoms with Crippen LogP contribution in [0.3, 0.4) is 0 Å². The lowest BCUT2D eigenvalue weighted by molar-refractivity contribution is -0.143. The van der Waals surface area contributed by atoms with Gasteiger partial charge in [0.25, 0.3) is 0 Å². The fourth-order valence-electron chi connectivity index (χ4n) is 1.80. The number of alkyl carbamates (subject to hydrolysis) is 1. The molecular formula is C18H33NO5S. The molecule has 146 valence electrons. The van der Waals surface area contributed by atoms with Crippen molar-refractivity contribution in [1.29, 1.82) is 0 Å². The first kappa shape index (κ1) is 25.6. The Kier molecular flexibility index (Phi) is 14.0. The first-order valence-electron chi connectivity index (χ1n) is 8.26. The lowest BCUT2D eigenvalue weighted by Gasteiger charge is -2.18. The molecule has 6 nitrogen and oxygen atoms in total. The zero-order valence-corrected chi connectivity index (χ0v) is 17.2. The molecule has 0 saturated heterocycles. The van der Waals surface area contributed by atoms with E-state index >= 15 is 0 Å². The molecule has 0 spiro atoms. The minimum absolute atomic E-state index is 0. The van der Waals surface area contributed by atoms with Crippen LogP contribution in [0.2, 0.25) is 0 Å². The number of hydrogen-bond donors (Lipinski definition) is 1. The van der Waals surface area contributed by atoms with Crippen molar-refractivity contribution in [1.82, 2.24) is 5.32 Å². The van der Waals surface area contributed by atoms with Gasteiger partial charge < -0.3 is 19.2 Å². The molecule has 1 unspecified atom stereocenters. The summed E-state index contributed by atoms with van der Waals surface area (Å²) in [6.45, 7) is 9.87. The zero-order valence-electron chi connectivity index (χ0n) is 16.2. The predicted molar refractivity (Wildman–Crippen MR) is 103 cm³/mol. The van der Waals surface area contributed by atoms with Crippen LogP contribution >= 0.6 is 13.5 Å². The second-order valence-corrected chi connectivity index (χ2v) is 6.48. The van der Waals surface area contributed by atoms with Gasteiger partial charge in [0.05, 0.1) is 12.9 Å². The van der Waals surface area contributed by atoms with Gasteiger partial charge in [0, 0.05) is 19.9 Å². The molecule has 0 aliphatic carbocycles. The Labute approximate surface area is 158 Å². The molecule has 0 bridgehead atoms. The number of amides is 1. The molecule has 1 aromatic heterocycles. The summed E-state index contributed by atoms with van der Waals surface area (Å²) in [5.74, 6) is 1.32. The summed E-state index contributed by atoms with van der Waals surface area (Å²) in [4.78, 5) is 21.6. The molecule has 0 aromatic carbocycles. The van der Waals surface area contributed by atoms with E-state index in [0.717, 1.165) is 18.6 Å². The highest BCUT2D eigenvalue weighted by Gasteiger charge is 2.14. The number of rotatable bonds is 6. The van der Waals surface area contributed by atoms with E-state index in [9.17, 15) is 9.59 Å². The second-order valence-electron chi connectivity index (χ2n) is 6.48. The van der Waals surface area contributed by atoms with Crippen LogP contribution in [0, 0.1) is 5.92 Å². The molecule has 0 radical (unpaired) electrons. The minimum Gasteiger partial charge on any atom is -0.469 e. The van der Waals surface area contributed by atoms with Crippen molar-refractivity contribution in [2.24, 2.45) is 5.92 Å². The van der Waals surface area contributed by atoms with Crippen molar-refractivity contribution in [2.45, 2.75) is 59.5 Å². The Morgan fingerprint density at radius 1 is 1.32 bits per heavy atom. The van der Waals surface area contributed by atoms with Crippen LogP contribution in [-0.4, -0.2) is 31.3 Å². The summed E-state index contributed by atoms with van der Waals surface area (Å²) in [6.07, 6.45) is 3.51. The Bertz CT molecular complexity index is 468.